The van der Waals surface area contributed by atoms with Crippen LogP contribution in [0.1, 0.15) is 0 Å². The maximum atomic E-state index is 13.1. The van der Waals surface area contributed by atoms with Crippen molar-refractivity contribution in [1.29, 1.82) is 0 Å². The first-order valence-electron chi connectivity index (χ1n) is 8.92. The number of pyridine rings is 1. The van der Waals surface area contributed by atoms with Gasteiger partial charge in [0.05, 0.1) is 17.7 Å². The zero-order valence-corrected chi connectivity index (χ0v) is 15.6. The maximum absolute atomic E-state index is 13.1. The molecule has 2 aromatic heterocycles. The Balaban J connectivity index is 1.48. The lowest BCUT2D eigenvalue weighted by Crippen LogP contribution is -2.45. The second-order valence-electron chi connectivity index (χ2n) is 6.89. The molecule has 9 heteroatoms. The summed E-state index contributed by atoms with van der Waals surface area (Å²) in [7, 11) is 3.63. The predicted molar refractivity (Wildman–Crippen MR) is 104 cm³/mol. The molecule has 0 aliphatic carbocycles. The van der Waals surface area contributed by atoms with Gasteiger partial charge in [0.2, 0.25) is 0 Å². The number of hydrogen-bond acceptors (Lipinski definition) is 5. The number of hydrogen-bond donors (Lipinski definition) is 3. The Morgan fingerprint density at radius 3 is 2.86 bits per heavy atom. The molecule has 28 heavy (non-hydrogen) atoms. The first-order valence-corrected chi connectivity index (χ1v) is 8.92. The lowest BCUT2D eigenvalue weighted by Gasteiger charge is -2.18. The molecule has 0 spiro atoms. The van der Waals surface area contributed by atoms with E-state index in [1.165, 1.54) is 12.1 Å². The summed E-state index contributed by atoms with van der Waals surface area (Å²) in [6.45, 7) is 1.49. The molecule has 3 aromatic rings. The van der Waals surface area contributed by atoms with E-state index in [1.54, 1.807) is 31.5 Å². The number of methoxy groups -OCH3 is 1. The monoisotopic (exact) mass is 384 g/mol. The number of carbonyl (C=O) groups excluding carboxylic acids is 1. The van der Waals surface area contributed by atoms with Crippen LogP contribution in [0.25, 0.3) is 22.2 Å². The minimum absolute atomic E-state index is 0.0444. The molecule has 1 aliphatic rings. The fourth-order valence-corrected chi connectivity index (χ4v) is 3.47. The van der Waals surface area contributed by atoms with Crippen LogP contribution in [0.5, 0.6) is 0 Å². The molecule has 1 aromatic carbocycles. The molecule has 1 fully saturated rings. The molecule has 2 atom stereocenters. The number of aromatic nitrogens is 3. The van der Waals surface area contributed by atoms with Gasteiger partial charge in [0.1, 0.15) is 17.3 Å². The van der Waals surface area contributed by atoms with E-state index in [1.807, 2.05) is 7.05 Å². The number of likely N-dealkylation sites (tertiary alicyclic amines) is 1. The molecule has 0 radical (unpaired) electrons. The molecule has 146 valence electrons. The van der Waals surface area contributed by atoms with Crippen LogP contribution < -0.4 is 10.6 Å². The Labute approximate surface area is 161 Å². The molecule has 1 saturated heterocycles. The number of anilines is 1. The van der Waals surface area contributed by atoms with Gasteiger partial charge >= 0.3 is 6.03 Å². The molecule has 2 unspecified atom stereocenters. The molecule has 2 amide bonds. The largest absolute Gasteiger partial charge is 0.378 e. The van der Waals surface area contributed by atoms with Gasteiger partial charge in [-0.2, -0.15) is 5.10 Å². The van der Waals surface area contributed by atoms with E-state index in [2.05, 4.69) is 30.7 Å². The summed E-state index contributed by atoms with van der Waals surface area (Å²) in [4.78, 5) is 18.7. The highest BCUT2D eigenvalue weighted by molar-refractivity contribution is 5.95. The topological polar surface area (TPSA) is 95.2 Å². The first kappa shape index (κ1) is 18.3. The normalized spacial score (nSPS) is 19.8. The standard InChI is InChI=1S/C19H21FN6O2/c1-26-9-15(16(10-26)28-2)22-19(27)23-17-7-14-13(8-21-17)18(25-24-14)11-3-5-12(20)6-4-11/h3-8,15-16H,9-10H2,1-2H3,(H,24,25)(H2,21,22,23,27). The number of benzene rings is 1. The van der Waals surface area contributed by atoms with E-state index in [0.29, 0.717) is 11.5 Å². The van der Waals surface area contributed by atoms with Gasteiger partial charge in [-0.3, -0.25) is 10.4 Å². The lowest BCUT2D eigenvalue weighted by atomic mass is 10.1. The Hall–Kier alpha value is -3.04. The van der Waals surface area contributed by atoms with Crippen molar-refractivity contribution in [2.24, 2.45) is 0 Å². The van der Waals surface area contributed by atoms with Crippen LogP contribution in [0, 0.1) is 5.82 Å². The van der Waals surface area contributed by atoms with Gasteiger partial charge in [0.25, 0.3) is 0 Å². The minimum atomic E-state index is -0.340. The van der Waals surface area contributed by atoms with E-state index < -0.39 is 0 Å². The Bertz CT molecular complexity index is 990. The van der Waals surface area contributed by atoms with Crippen LogP contribution >= 0.6 is 0 Å². The number of fused-ring (bicyclic) bond motifs is 1. The van der Waals surface area contributed by atoms with Crippen molar-refractivity contribution >= 4 is 22.8 Å². The molecule has 3 N–H and O–H groups in total. The quantitative estimate of drug-likeness (QED) is 0.641. The highest BCUT2D eigenvalue weighted by Crippen LogP contribution is 2.27. The van der Waals surface area contributed by atoms with E-state index in [0.717, 1.165) is 29.6 Å². The minimum Gasteiger partial charge on any atom is -0.378 e. The molecule has 0 bridgehead atoms. The van der Waals surface area contributed by atoms with Crippen molar-refractivity contribution in [3.63, 3.8) is 0 Å². The van der Waals surface area contributed by atoms with Crippen LogP contribution in [-0.2, 0) is 4.74 Å². The van der Waals surface area contributed by atoms with Crippen molar-refractivity contribution in [3.8, 4) is 11.3 Å². The summed E-state index contributed by atoms with van der Waals surface area (Å²) in [5.41, 5.74) is 2.18. The Kier molecular flexibility index (Phi) is 4.93. The molecule has 8 nitrogen and oxygen atoms in total. The molecule has 1 aliphatic heterocycles. The predicted octanol–water partition coefficient (Wildman–Crippen LogP) is 2.21. The summed E-state index contributed by atoms with van der Waals surface area (Å²) in [6.07, 6.45) is 1.59. The third-order valence-corrected chi connectivity index (χ3v) is 4.87. The number of halogens is 1. The van der Waals surface area contributed by atoms with Crippen LogP contribution in [0.3, 0.4) is 0 Å². The number of carbonyl (C=O) groups is 1. The zero-order chi connectivity index (χ0) is 19.7. The highest BCUT2D eigenvalue weighted by Gasteiger charge is 2.32. The summed E-state index contributed by atoms with van der Waals surface area (Å²) in [6, 6.07) is 7.38. The number of H-pyrrole nitrogens is 1. The van der Waals surface area contributed by atoms with Crippen molar-refractivity contribution in [1.82, 2.24) is 25.4 Å². The second kappa shape index (κ2) is 7.53. The zero-order valence-electron chi connectivity index (χ0n) is 15.6. The van der Waals surface area contributed by atoms with E-state index in [-0.39, 0.29) is 24.0 Å². The summed E-state index contributed by atoms with van der Waals surface area (Å²) < 4.78 is 18.6. The van der Waals surface area contributed by atoms with Gasteiger partial charge in [-0.1, -0.05) is 0 Å². The van der Waals surface area contributed by atoms with E-state index in [4.69, 9.17) is 4.74 Å². The van der Waals surface area contributed by atoms with Crippen molar-refractivity contribution < 1.29 is 13.9 Å². The maximum Gasteiger partial charge on any atom is 0.320 e. The number of ether oxygens (including phenoxy) is 1. The molecular weight excluding hydrogens is 363 g/mol. The van der Waals surface area contributed by atoms with E-state index >= 15 is 0 Å². The summed E-state index contributed by atoms with van der Waals surface area (Å²) >= 11 is 0. The number of urea groups is 1. The van der Waals surface area contributed by atoms with Crippen molar-refractivity contribution in [2.75, 3.05) is 32.6 Å². The van der Waals surface area contributed by atoms with Gasteiger partial charge in [-0.05, 0) is 31.3 Å². The number of nitrogens with zero attached hydrogens (tertiary/aromatic N) is 3. The smallest absolute Gasteiger partial charge is 0.320 e. The van der Waals surface area contributed by atoms with Crippen molar-refractivity contribution in [3.05, 3.63) is 42.3 Å². The van der Waals surface area contributed by atoms with Crippen LogP contribution in [0.15, 0.2) is 36.5 Å². The van der Waals surface area contributed by atoms with E-state index in [9.17, 15) is 9.18 Å². The fraction of sp³-hybridized carbons (Fsp3) is 0.316. The SMILES string of the molecule is COC1CN(C)CC1NC(=O)Nc1cc2[nH]nc(-c3ccc(F)cc3)c2cn1. The molecule has 0 saturated carbocycles. The number of nitrogens with one attached hydrogen (secondary N) is 3. The third kappa shape index (κ3) is 3.67. The number of likely N-dealkylation sites (N-methyl/N-ethyl adjacent to an activating group) is 1. The van der Waals surface area contributed by atoms with Gasteiger partial charge < -0.3 is 15.0 Å². The lowest BCUT2D eigenvalue weighted by molar-refractivity contribution is 0.0940. The van der Waals surface area contributed by atoms with Gasteiger partial charge in [-0.15, -0.1) is 0 Å². The second-order valence-corrected chi connectivity index (χ2v) is 6.89. The molecule has 4 rings (SSSR count). The highest BCUT2D eigenvalue weighted by atomic mass is 19.1. The van der Waals surface area contributed by atoms with Gasteiger partial charge in [-0.25, -0.2) is 14.2 Å². The van der Waals surface area contributed by atoms with Crippen LogP contribution in [-0.4, -0.2) is 65.5 Å². The van der Waals surface area contributed by atoms with Crippen LogP contribution in [0.4, 0.5) is 15.0 Å². The Morgan fingerprint density at radius 2 is 2.11 bits per heavy atom. The van der Waals surface area contributed by atoms with Gasteiger partial charge in [0, 0.05) is 43.4 Å². The average Bonchev–Trinajstić information content (AvgIpc) is 3.25. The first-order chi connectivity index (χ1) is 13.5. The number of amides is 2. The number of aromatic amines is 1. The molecular formula is C19H21FN6O2. The number of rotatable bonds is 4. The fourth-order valence-electron chi connectivity index (χ4n) is 3.47. The summed E-state index contributed by atoms with van der Waals surface area (Å²) in [5.74, 6) is 0.100. The van der Waals surface area contributed by atoms with Gasteiger partial charge in [0.15, 0.2) is 0 Å². The Morgan fingerprint density at radius 1 is 1.32 bits per heavy atom. The summed E-state index contributed by atoms with van der Waals surface area (Å²) in [5, 5.41) is 13.7. The van der Waals surface area contributed by atoms with Crippen LogP contribution in [0.2, 0.25) is 0 Å². The third-order valence-electron chi connectivity index (χ3n) is 4.87. The van der Waals surface area contributed by atoms with Crippen molar-refractivity contribution in [2.45, 2.75) is 12.1 Å². The average molecular weight is 384 g/mol. The molecule has 3 heterocycles.